The Balaban J connectivity index is 1.90. The summed E-state index contributed by atoms with van der Waals surface area (Å²) in [5, 5.41) is 0. The van der Waals surface area contributed by atoms with Gasteiger partial charge in [-0.3, -0.25) is 9.59 Å². The van der Waals surface area contributed by atoms with E-state index in [0.717, 1.165) is 17.6 Å². The number of hydrogen-bond acceptors (Lipinski definition) is 4. The summed E-state index contributed by atoms with van der Waals surface area (Å²) in [5.41, 5.74) is 1.91. The van der Waals surface area contributed by atoms with Gasteiger partial charge in [0.2, 0.25) is 0 Å². The van der Waals surface area contributed by atoms with E-state index in [4.69, 9.17) is 9.47 Å². The first kappa shape index (κ1) is 13.4. The minimum atomic E-state index is -0.368. The van der Waals surface area contributed by atoms with E-state index in [0.29, 0.717) is 19.6 Å². The summed E-state index contributed by atoms with van der Waals surface area (Å²) in [6.45, 7) is 6.25. The third-order valence-electron chi connectivity index (χ3n) is 4.00. The molecular formula is C14H20O4. The van der Waals surface area contributed by atoms with Gasteiger partial charge in [0.15, 0.2) is 12.1 Å². The molecule has 1 saturated heterocycles. The van der Waals surface area contributed by atoms with Crippen LogP contribution >= 0.6 is 0 Å². The van der Waals surface area contributed by atoms with Crippen molar-refractivity contribution in [1.29, 1.82) is 0 Å². The highest BCUT2D eigenvalue weighted by Crippen LogP contribution is 2.30. The van der Waals surface area contributed by atoms with Gasteiger partial charge in [0, 0.05) is 23.8 Å². The molecule has 0 amide bonds. The summed E-state index contributed by atoms with van der Waals surface area (Å²) in [4.78, 5) is 23.0. The molecule has 0 spiro atoms. The average molecular weight is 252 g/mol. The van der Waals surface area contributed by atoms with Gasteiger partial charge in [0.1, 0.15) is 5.78 Å². The molecule has 0 aromatic carbocycles. The highest BCUT2D eigenvalue weighted by atomic mass is 16.7. The molecule has 3 unspecified atom stereocenters. The molecule has 1 aliphatic carbocycles. The zero-order valence-electron chi connectivity index (χ0n) is 11.2. The Morgan fingerprint density at radius 1 is 1.44 bits per heavy atom. The maximum absolute atomic E-state index is 11.6. The molecule has 3 atom stereocenters. The summed E-state index contributed by atoms with van der Waals surface area (Å²) in [7, 11) is 0. The third kappa shape index (κ3) is 2.54. The number of Topliss-reactive ketones (excluding diaryl/α,β-unsaturated/α-hetero) is 2. The normalized spacial score (nSPS) is 32.4. The summed E-state index contributed by atoms with van der Waals surface area (Å²) < 4.78 is 11.2. The van der Waals surface area contributed by atoms with Crippen LogP contribution in [0.5, 0.6) is 0 Å². The van der Waals surface area contributed by atoms with Gasteiger partial charge in [-0.15, -0.1) is 0 Å². The molecule has 1 heterocycles. The predicted molar refractivity (Wildman–Crippen MR) is 66.0 cm³/mol. The van der Waals surface area contributed by atoms with E-state index < -0.39 is 0 Å². The van der Waals surface area contributed by atoms with E-state index in [9.17, 15) is 9.59 Å². The van der Waals surface area contributed by atoms with Crippen molar-refractivity contribution in [2.24, 2.45) is 11.8 Å². The van der Waals surface area contributed by atoms with Crippen LogP contribution in [0.15, 0.2) is 11.1 Å². The molecule has 1 fully saturated rings. The Morgan fingerprint density at radius 2 is 2.17 bits per heavy atom. The second-order valence-electron chi connectivity index (χ2n) is 5.27. The lowest BCUT2D eigenvalue weighted by molar-refractivity contribution is -0.128. The monoisotopic (exact) mass is 252 g/mol. The van der Waals surface area contributed by atoms with Gasteiger partial charge in [-0.05, 0) is 20.3 Å². The van der Waals surface area contributed by atoms with Crippen molar-refractivity contribution in [3.05, 3.63) is 11.1 Å². The van der Waals surface area contributed by atoms with E-state index in [1.165, 1.54) is 0 Å². The topological polar surface area (TPSA) is 52.6 Å². The Kier molecular flexibility index (Phi) is 3.97. The van der Waals surface area contributed by atoms with Crippen LogP contribution in [-0.2, 0) is 19.1 Å². The predicted octanol–water partition coefficient (Wildman–Crippen LogP) is 1.88. The van der Waals surface area contributed by atoms with Gasteiger partial charge in [0.25, 0.3) is 0 Å². The summed E-state index contributed by atoms with van der Waals surface area (Å²) in [5.74, 6) is 0.298. The fourth-order valence-electron chi connectivity index (χ4n) is 2.59. The van der Waals surface area contributed by atoms with Gasteiger partial charge < -0.3 is 9.47 Å². The lowest BCUT2D eigenvalue weighted by Crippen LogP contribution is -2.25. The molecule has 2 aliphatic rings. The number of carbonyl (C=O) groups is 2. The zero-order valence-corrected chi connectivity index (χ0v) is 11.2. The summed E-state index contributed by atoms with van der Waals surface area (Å²) in [6.07, 6.45) is 1.07. The molecule has 4 heteroatoms. The zero-order chi connectivity index (χ0) is 13.3. The van der Waals surface area contributed by atoms with Crippen molar-refractivity contribution in [1.82, 2.24) is 0 Å². The van der Waals surface area contributed by atoms with Crippen molar-refractivity contribution >= 4 is 11.6 Å². The highest BCUT2D eigenvalue weighted by molar-refractivity contribution is 5.98. The van der Waals surface area contributed by atoms with E-state index >= 15 is 0 Å². The molecule has 0 bridgehead atoms. The maximum atomic E-state index is 11.6. The molecule has 0 radical (unpaired) electrons. The molecule has 0 saturated carbocycles. The number of ether oxygens (including phenoxy) is 2. The lowest BCUT2D eigenvalue weighted by atomic mass is 9.93. The number of hydrogen-bond donors (Lipinski definition) is 0. The van der Waals surface area contributed by atoms with Crippen molar-refractivity contribution < 1.29 is 19.1 Å². The molecule has 100 valence electrons. The minimum absolute atomic E-state index is 0.0555. The first-order valence-electron chi connectivity index (χ1n) is 6.46. The largest absolute Gasteiger partial charge is 0.352 e. The van der Waals surface area contributed by atoms with Crippen LogP contribution < -0.4 is 0 Å². The van der Waals surface area contributed by atoms with Crippen LogP contribution in [-0.4, -0.2) is 31.1 Å². The molecule has 0 aromatic heterocycles. The summed E-state index contributed by atoms with van der Waals surface area (Å²) in [6, 6.07) is 0. The number of rotatable bonds is 4. The van der Waals surface area contributed by atoms with Crippen LogP contribution in [0.1, 0.15) is 33.6 Å². The van der Waals surface area contributed by atoms with Crippen LogP contribution in [0, 0.1) is 11.8 Å². The Morgan fingerprint density at radius 3 is 2.67 bits per heavy atom. The third-order valence-corrected chi connectivity index (χ3v) is 4.00. The van der Waals surface area contributed by atoms with Crippen LogP contribution in [0.4, 0.5) is 0 Å². The van der Waals surface area contributed by atoms with Gasteiger partial charge in [0.05, 0.1) is 13.2 Å². The fourth-order valence-corrected chi connectivity index (χ4v) is 2.59. The van der Waals surface area contributed by atoms with Crippen LogP contribution in [0.3, 0.4) is 0 Å². The standard InChI is InChI=1S/C14H20O4/c1-8-4-5-13(16)11(8)6-17-14-9(2)12(7-18-14)10(3)15/h9,12,14H,4-7H2,1-3H3. The highest BCUT2D eigenvalue weighted by Gasteiger charge is 2.37. The lowest BCUT2D eigenvalue weighted by Gasteiger charge is -2.18. The first-order chi connectivity index (χ1) is 8.50. The Bertz CT molecular complexity index is 397. The summed E-state index contributed by atoms with van der Waals surface area (Å²) >= 11 is 0. The van der Waals surface area contributed by atoms with E-state index in [2.05, 4.69) is 0 Å². The fraction of sp³-hybridized carbons (Fsp3) is 0.714. The minimum Gasteiger partial charge on any atom is -0.352 e. The molecule has 0 N–H and O–H groups in total. The second-order valence-corrected chi connectivity index (χ2v) is 5.27. The number of carbonyl (C=O) groups excluding carboxylic acids is 2. The van der Waals surface area contributed by atoms with Gasteiger partial charge in [-0.1, -0.05) is 12.5 Å². The molecule has 1 aliphatic heterocycles. The van der Waals surface area contributed by atoms with Gasteiger partial charge in [-0.25, -0.2) is 0 Å². The maximum Gasteiger partial charge on any atom is 0.161 e. The molecule has 4 nitrogen and oxygen atoms in total. The average Bonchev–Trinajstić information content (AvgIpc) is 2.82. The molecule has 0 aromatic rings. The van der Waals surface area contributed by atoms with Crippen LogP contribution in [0.2, 0.25) is 0 Å². The molecular weight excluding hydrogens is 232 g/mol. The van der Waals surface area contributed by atoms with Crippen molar-refractivity contribution in [3.8, 4) is 0 Å². The second kappa shape index (κ2) is 5.33. The molecule has 2 rings (SSSR count). The van der Waals surface area contributed by atoms with E-state index in [1.54, 1.807) is 6.92 Å². The SMILES string of the molecule is CC(=O)C1COC(OCC2=C(C)CCC2=O)C1C. The van der Waals surface area contributed by atoms with Crippen molar-refractivity contribution in [2.75, 3.05) is 13.2 Å². The first-order valence-corrected chi connectivity index (χ1v) is 6.46. The smallest absolute Gasteiger partial charge is 0.161 e. The Hall–Kier alpha value is -1.00. The van der Waals surface area contributed by atoms with Crippen molar-refractivity contribution in [3.63, 3.8) is 0 Å². The quantitative estimate of drug-likeness (QED) is 0.766. The van der Waals surface area contributed by atoms with E-state index in [-0.39, 0.29) is 29.7 Å². The number of allylic oxidation sites excluding steroid dienone is 1. The van der Waals surface area contributed by atoms with Crippen LogP contribution in [0.25, 0.3) is 0 Å². The number of ketones is 2. The molecule has 18 heavy (non-hydrogen) atoms. The van der Waals surface area contributed by atoms with Crippen molar-refractivity contribution in [2.45, 2.75) is 39.9 Å². The van der Waals surface area contributed by atoms with E-state index in [1.807, 2.05) is 13.8 Å². The Labute approximate surface area is 107 Å². The van der Waals surface area contributed by atoms with Gasteiger partial charge >= 0.3 is 0 Å². The van der Waals surface area contributed by atoms with Gasteiger partial charge in [-0.2, -0.15) is 0 Å².